The molecule has 0 aromatic carbocycles. The maximum Gasteiger partial charge on any atom is 0.232 e. The van der Waals surface area contributed by atoms with Crippen molar-refractivity contribution in [1.82, 2.24) is 4.98 Å². The van der Waals surface area contributed by atoms with Gasteiger partial charge in [0.25, 0.3) is 0 Å². The van der Waals surface area contributed by atoms with Crippen LogP contribution in [-0.2, 0) is 10.0 Å². The van der Waals surface area contributed by atoms with E-state index in [1.165, 1.54) is 0 Å². The summed E-state index contributed by atoms with van der Waals surface area (Å²) in [5.41, 5.74) is 1.37. The van der Waals surface area contributed by atoms with Gasteiger partial charge in [0.1, 0.15) is 0 Å². The number of halogens is 1. The molecule has 0 radical (unpaired) electrons. The summed E-state index contributed by atoms with van der Waals surface area (Å²) in [6.45, 7) is 1.80. The van der Waals surface area contributed by atoms with Crippen molar-refractivity contribution < 1.29 is 8.42 Å². The normalized spacial score (nSPS) is 11.3. The molecule has 0 saturated carbocycles. The van der Waals surface area contributed by atoms with E-state index in [0.717, 1.165) is 5.56 Å². The minimum absolute atomic E-state index is 0.0399. The fraction of sp³-hybridized carbons (Fsp3) is 0.444. The summed E-state index contributed by atoms with van der Waals surface area (Å²) in [7, 11) is -3.28. The van der Waals surface area contributed by atoms with Crippen LogP contribution in [0.25, 0.3) is 0 Å². The number of aryl methyl sites for hydroxylation is 1. The van der Waals surface area contributed by atoms with Gasteiger partial charge in [0.2, 0.25) is 10.0 Å². The van der Waals surface area contributed by atoms with Crippen molar-refractivity contribution in [1.29, 1.82) is 0 Å². The zero-order chi connectivity index (χ0) is 11.3. The second kappa shape index (κ2) is 5.32. The zero-order valence-electron chi connectivity index (χ0n) is 8.40. The Hall–Kier alpha value is -0.810. The van der Waals surface area contributed by atoms with Gasteiger partial charge < -0.3 is 0 Å². The van der Waals surface area contributed by atoms with Crippen molar-refractivity contribution in [3.8, 4) is 0 Å². The molecular formula is C9H13ClN2O2S. The largest absolute Gasteiger partial charge is 0.283 e. The Kier molecular flexibility index (Phi) is 4.35. The lowest BCUT2D eigenvalue weighted by Gasteiger charge is -2.08. The molecule has 0 saturated heterocycles. The summed E-state index contributed by atoms with van der Waals surface area (Å²) in [4.78, 5) is 3.88. The molecular weight excluding hydrogens is 236 g/mol. The summed E-state index contributed by atoms with van der Waals surface area (Å²) in [6, 6.07) is 1.63. The number of hydrogen-bond donors (Lipinski definition) is 1. The molecule has 1 heterocycles. The number of sulfonamides is 1. The van der Waals surface area contributed by atoms with Gasteiger partial charge in [-0.05, 0) is 25.0 Å². The Morgan fingerprint density at radius 3 is 2.87 bits per heavy atom. The topological polar surface area (TPSA) is 59.1 Å². The van der Waals surface area contributed by atoms with Crippen LogP contribution in [0.3, 0.4) is 0 Å². The number of nitrogens with one attached hydrogen (secondary N) is 1. The second-order valence-electron chi connectivity index (χ2n) is 3.15. The second-order valence-corrected chi connectivity index (χ2v) is 5.37. The first-order valence-corrected chi connectivity index (χ1v) is 6.71. The quantitative estimate of drug-likeness (QED) is 0.808. The maximum atomic E-state index is 11.5. The molecule has 0 atom stereocenters. The maximum absolute atomic E-state index is 11.5. The van der Waals surface area contributed by atoms with Gasteiger partial charge in [-0.1, -0.05) is 0 Å². The minimum atomic E-state index is -3.28. The summed E-state index contributed by atoms with van der Waals surface area (Å²) < 4.78 is 25.5. The lowest BCUT2D eigenvalue weighted by Crippen LogP contribution is -2.17. The smallest absolute Gasteiger partial charge is 0.232 e. The van der Waals surface area contributed by atoms with E-state index in [4.69, 9.17) is 11.6 Å². The van der Waals surface area contributed by atoms with Crippen molar-refractivity contribution in [3.63, 3.8) is 0 Å². The Labute approximate surface area is 94.7 Å². The number of alkyl halides is 1. The van der Waals surface area contributed by atoms with E-state index in [2.05, 4.69) is 9.71 Å². The number of pyridine rings is 1. The van der Waals surface area contributed by atoms with Crippen LogP contribution in [0.2, 0.25) is 0 Å². The molecule has 4 nitrogen and oxygen atoms in total. The fourth-order valence-corrected chi connectivity index (χ4v) is 2.53. The van der Waals surface area contributed by atoms with Crippen LogP contribution in [0.1, 0.15) is 12.0 Å². The van der Waals surface area contributed by atoms with Crippen molar-refractivity contribution in [2.45, 2.75) is 13.3 Å². The molecule has 1 N–H and O–H groups in total. The predicted molar refractivity (Wildman–Crippen MR) is 61.7 cm³/mol. The summed E-state index contributed by atoms with van der Waals surface area (Å²) in [5.74, 6) is 0.383. The molecule has 0 fully saturated rings. The van der Waals surface area contributed by atoms with Crippen LogP contribution in [0.4, 0.5) is 5.69 Å². The lowest BCUT2D eigenvalue weighted by molar-refractivity contribution is 0.600. The van der Waals surface area contributed by atoms with E-state index in [1.807, 2.05) is 0 Å². The van der Waals surface area contributed by atoms with E-state index < -0.39 is 10.0 Å². The van der Waals surface area contributed by atoms with E-state index in [0.29, 0.717) is 18.0 Å². The summed E-state index contributed by atoms with van der Waals surface area (Å²) >= 11 is 5.44. The van der Waals surface area contributed by atoms with E-state index in [1.54, 1.807) is 25.4 Å². The third-order valence-electron chi connectivity index (χ3n) is 1.83. The highest BCUT2D eigenvalue weighted by Crippen LogP contribution is 2.13. The van der Waals surface area contributed by atoms with E-state index >= 15 is 0 Å². The first-order chi connectivity index (χ1) is 7.05. The monoisotopic (exact) mass is 248 g/mol. The third-order valence-corrected chi connectivity index (χ3v) is 3.46. The Morgan fingerprint density at radius 1 is 1.53 bits per heavy atom. The molecule has 0 spiro atoms. The van der Waals surface area contributed by atoms with Gasteiger partial charge in [-0.15, -0.1) is 11.6 Å². The van der Waals surface area contributed by atoms with Gasteiger partial charge in [-0.2, -0.15) is 0 Å². The fourth-order valence-electron chi connectivity index (χ4n) is 1.05. The van der Waals surface area contributed by atoms with Crippen LogP contribution in [0, 0.1) is 6.92 Å². The van der Waals surface area contributed by atoms with Gasteiger partial charge in [0.05, 0.1) is 11.4 Å². The summed E-state index contributed by atoms with van der Waals surface area (Å²) in [5, 5.41) is 0. The molecule has 0 aliphatic rings. The number of hydrogen-bond acceptors (Lipinski definition) is 3. The van der Waals surface area contributed by atoms with Crippen molar-refractivity contribution >= 4 is 27.3 Å². The highest BCUT2D eigenvalue weighted by atomic mass is 35.5. The molecule has 1 aromatic rings. The van der Waals surface area contributed by atoms with Crippen molar-refractivity contribution in [2.24, 2.45) is 0 Å². The van der Waals surface area contributed by atoms with Crippen LogP contribution in [0.15, 0.2) is 18.5 Å². The van der Waals surface area contributed by atoms with Gasteiger partial charge in [-0.25, -0.2) is 8.42 Å². The molecule has 0 amide bonds. The molecule has 84 valence electrons. The standard InChI is InChI=1S/C9H13ClN2O2S/c1-8-7-11-5-3-9(8)12-15(13,14)6-2-4-10/h3,5,7H,2,4,6H2,1H3,(H,11,12). The molecule has 1 rings (SSSR count). The van der Waals surface area contributed by atoms with Crippen molar-refractivity contribution in [2.75, 3.05) is 16.4 Å². The summed E-state index contributed by atoms with van der Waals surface area (Å²) in [6.07, 6.45) is 3.60. The molecule has 6 heteroatoms. The molecule has 1 aromatic heterocycles. The van der Waals surface area contributed by atoms with Crippen LogP contribution in [0.5, 0.6) is 0 Å². The number of aromatic nitrogens is 1. The predicted octanol–water partition coefficient (Wildman–Crippen LogP) is 1.76. The van der Waals surface area contributed by atoms with Gasteiger partial charge >= 0.3 is 0 Å². The average molecular weight is 249 g/mol. The van der Waals surface area contributed by atoms with Gasteiger partial charge in [-0.3, -0.25) is 9.71 Å². The minimum Gasteiger partial charge on any atom is -0.283 e. The van der Waals surface area contributed by atoms with Gasteiger partial charge in [0, 0.05) is 18.3 Å². The van der Waals surface area contributed by atoms with Gasteiger partial charge in [0.15, 0.2) is 0 Å². The first-order valence-electron chi connectivity index (χ1n) is 4.52. The molecule has 0 aliphatic heterocycles. The number of nitrogens with zero attached hydrogens (tertiary/aromatic N) is 1. The third kappa shape index (κ3) is 4.05. The van der Waals surface area contributed by atoms with Crippen LogP contribution in [-0.4, -0.2) is 25.0 Å². The SMILES string of the molecule is Cc1cnccc1NS(=O)(=O)CCCCl. The highest BCUT2D eigenvalue weighted by Gasteiger charge is 2.10. The highest BCUT2D eigenvalue weighted by molar-refractivity contribution is 7.92. The lowest BCUT2D eigenvalue weighted by atomic mass is 10.3. The molecule has 0 unspecified atom stereocenters. The Bertz CT molecular complexity index is 420. The van der Waals surface area contributed by atoms with Crippen molar-refractivity contribution in [3.05, 3.63) is 24.0 Å². The molecule has 0 aliphatic carbocycles. The average Bonchev–Trinajstić information content (AvgIpc) is 2.18. The molecule has 0 bridgehead atoms. The molecule has 15 heavy (non-hydrogen) atoms. The number of rotatable bonds is 5. The first kappa shape index (κ1) is 12.3. The van der Waals surface area contributed by atoms with Crippen LogP contribution < -0.4 is 4.72 Å². The zero-order valence-corrected chi connectivity index (χ0v) is 9.98. The van der Waals surface area contributed by atoms with E-state index in [9.17, 15) is 8.42 Å². The Morgan fingerprint density at radius 2 is 2.27 bits per heavy atom. The number of anilines is 1. The van der Waals surface area contributed by atoms with E-state index in [-0.39, 0.29) is 5.75 Å². The van der Waals surface area contributed by atoms with Crippen LogP contribution >= 0.6 is 11.6 Å². The Balaban J connectivity index is 2.74.